The van der Waals surface area contributed by atoms with Crippen molar-refractivity contribution in [2.75, 3.05) is 0 Å². The second-order valence-corrected chi connectivity index (χ2v) is 4.75. The molecule has 3 nitrogen and oxygen atoms in total. The molecular formula is C15H18N2O. The molecule has 18 heavy (non-hydrogen) atoms. The number of hydrogen-bond donors (Lipinski definition) is 1. The molecule has 0 unspecified atom stereocenters. The first-order valence-electron chi connectivity index (χ1n) is 6.08. The second-order valence-electron chi connectivity index (χ2n) is 4.75. The Balaban J connectivity index is 2.30. The van der Waals surface area contributed by atoms with Gasteiger partial charge in [-0.15, -0.1) is 0 Å². The summed E-state index contributed by atoms with van der Waals surface area (Å²) in [5, 5.41) is 9.15. The van der Waals surface area contributed by atoms with Crippen molar-refractivity contribution < 1.29 is 5.11 Å². The van der Waals surface area contributed by atoms with E-state index in [-0.39, 0.29) is 6.61 Å². The average molecular weight is 242 g/mol. The summed E-state index contributed by atoms with van der Waals surface area (Å²) in [6.45, 7) is 6.06. The Morgan fingerprint density at radius 3 is 2.22 bits per heavy atom. The zero-order valence-electron chi connectivity index (χ0n) is 11.1. The van der Waals surface area contributed by atoms with Gasteiger partial charge in [0.1, 0.15) is 5.82 Å². The molecule has 0 atom stereocenters. The Bertz CT molecular complexity index is 544. The second kappa shape index (κ2) is 5.27. The third-order valence-corrected chi connectivity index (χ3v) is 2.76. The van der Waals surface area contributed by atoms with Crippen molar-refractivity contribution in [1.82, 2.24) is 9.97 Å². The minimum absolute atomic E-state index is 0.0385. The minimum atomic E-state index is -0.0385. The lowest BCUT2D eigenvalue weighted by molar-refractivity contribution is 0.276. The molecule has 0 aliphatic rings. The molecule has 0 aliphatic heterocycles. The van der Waals surface area contributed by atoms with Gasteiger partial charge in [0.25, 0.3) is 0 Å². The Labute approximate surface area is 108 Å². The zero-order chi connectivity index (χ0) is 13.1. The third kappa shape index (κ3) is 3.14. The summed E-state index contributed by atoms with van der Waals surface area (Å²) < 4.78 is 0. The molecule has 1 aromatic heterocycles. The Morgan fingerprint density at radius 1 is 0.944 bits per heavy atom. The minimum Gasteiger partial charge on any atom is -0.390 e. The van der Waals surface area contributed by atoms with Gasteiger partial charge in [0.15, 0.2) is 0 Å². The molecule has 0 spiro atoms. The van der Waals surface area contributed by atoms with Gasteiger partial charge in [-0.25, -0.2) is 9.97 Å². The number of benzene rings is 1. The fraction of sp³-hybridized carbons (Fsp3) is 0.333. The van der Waals surface area contributed by atoms with Crippen LogP contribution in [0.15, 0.2) is 24.3 Å². The zero-order valence-corrected chi connectivity index (χ0v) is 11.1. The van der Waals surface area contributed by atoms with Crippen molar-refractivity contribution in [2.24, 2.45) is 0 Å². The smallest absolute Gasteiger partial charge is 0.133 e. The van der Waals surface area contributed by atoms with Crippen LogP contribution in [0.3, 0.4) is 0 Å². The summed E-state index contributed by atoms with van der Waals surface area (Å²) in [5.41, 5.74) is 5.29. The molecule has 3 heteroatoms. The van der Waals surface area contributed by atoms with Gasteiger partial charge < -0.3 is 5.11 Å². The van der Waals surface area contributed by atoms with E-state index in [2.05, 4.69) is 42.0 Å². The summed E-state index contributed by atoms with van der Waals surface area (Å²) in [4.78, 5) is 8.76. The van der Waals surface area contributed by atoms with Gasteiger partial charge in [-0.05, 0) is 32.4 Å². The highest BCUT2D eigenvalue weighted by Gasteiger charge is 2.04. The van der Waals surface area contributed by atoms with Crippen LogP contribution < -0.4 is 0 Å². The van der Waals surface area contributed by atoms with Crippen molar-refractivity contribution in [3.05, 3.63) is 58.2 Å². The van der Waals surface area contributed by atoms with Crippen molar-refractivity contribution in [3.8, 4) is 0 Å². The summed E-state index contributed by atoms with van der Waals surface area (Å²) in [6, 6.07) is 8.26. The molecule has 0 aliphatic carbocycles. The van der Waals surface area contributed by atoms with Crippen LogP contribution in [0, 0.1) is 20.8 Å². The van der Waals surface area contributed by atoms with E-state index < -0.39 is 0 Å². The van der Waals surface area contributed by atoms with Crippen LogP contribution in [-0.2, 0) is 13.0 Å². The van der Waals surface area contributed by atoms with Crippen LogP contribution in [-0.4, -0.2) is 15.1 Å². The lowest BCUT2D eigenvalue weighted by Crippen LogP contribution is -2.02. The highest BCUT2D eigenvalue weighted by Crippen LogP contribution is 2.12. The normalized spacial score (nSPS) is 10.7. The fourth-order valence-corrected chi connectivity index (χ4v) is 2.21. The third-order valence-electron chi connectivity index (χ3n) is 2.76. The molecule has 94 valence electrons. The topological polar surface area (TPSA) is 46.0 Å². The molecule has 0 saturated heterocycles. The molecule has 2 aromatic rings. The van der Waals surface area contributed by atoms with E-state index >= 15 is 0 Å². The lowest BCUT2D eigenvalue weighted by Gasteiger charge is -2.06. The molecule has 1 heterocycles. The van der Waals surface area contributed by atoms with Crippen molar-refractivity contribution in [3.63, 3.8) is 0 Å². The van der Waals surface area contributed by atoms with Crippen LogP contribution in [0.25, 0.3) is 0 Å². The maximum Gasteiger partial charge on any atom is 0.133 e. The summed E-state index contributed by atoms with van der Waals surface area (Å²) >= 11 is 0. The van der Waals surface area contributed by atoms with E-state index in [1.165, 1.54) is 16.7 Å². The van der Waals surface area contributed by atoms with E-state index in [4.69, 9.17) is 5.11 Å². The Morgan fingerprint density at radius 2 is 1.61 bits per heavy atom. The van der Waals surface area contributed by atoms with Crippen LogP contribution in [0.1, 0.15) is 33.9 Å². The van der Waals surface area contributed by atoms with E-state index in [1.54, 1.807) is 0 Å². The molecule has 0 bridgehead atoms. The number of nitrogens with zero attached hydrogens (tertiary/aromatic N) is 2. The summed E-state index contributed by atoms with van der Waals surface area (Å²) in [5.74, 6) is 0.768. The number of hydrogen-bond acceptors (Lipinski definition) is 3. The number of aromatic nitrogens is 2. The van der Waals surface area contributed by atoms with E-state index in [1.807, 2.05) is 13.0 Å². The van der Waals surface area contributed by atoms with E-state index in [0.29, 0.717) is 12.1 Å². The standard InChI is InChI=1S/C15H18N2O/c1-10-4-11(2)6-13(5-10)8-15-16-12(3)7-14(9-18)17-15/h4-7,18H,8-9H2,1-3H3. The monoisotopic (exact) mass is 242 g/mol. The lowest BCUT2D eigenvalue weighted by atomic mass is 10.0. The molecule has 0 radical (unpaired) electrons. The molecule has 0 saturated carbocycles. The molecule has 1 aromatic carbocycles. The van der Waals surface area contributed by atoms with E-state index in [9.17, 15) is 0 Å². The Kier molecular flexibility index (Phi) is 3.72. The molecule has 0 amide bonds. The van der Waals surface area contributed by atoms with Crippen LogP contribution in [0.4, 0.5) is 0 Å². The van der Waals surface area contributed by atoms with Crippen LogP contribution >= 0.6 is 0 Å². The quantitative estimate of drug-likeness (QED) is 0.899. The van der Waals surface area contributed by atoms with Gasteiger partial charge in [0.05, 0.1) is 12.3 Å². The van der Waals surface area contributed by atoms with Gasteiger partial charge in [0, 0.05) is 12.1 Å². The first kappa shape index (κ1) is 12.7. The Hall–Kier alpha value is -1.74. The number of aryl methyl sites for hydroxylation is 3. The first-order valence-corrected chi connectivity index (χ1v) is 6.08. The fourth-order valence-electron chi connectivity index (χ4n) is 2.21. The van der Waals surface area contributed by atoms with Gasteiger partial charge >= 0.3 is 0 Å². The highest BCUT2D eigenvalue weighted by molar-refractivity contribution is 5.30. The van der Waals surface area contributed by atoms with Gasteiger partial charge in [0.2, 0.25) is 0 Å². The van der Waals surface area contributed by atoms with Crippen molar-refractivity contribution >= 4 is 0 Å². The van der Waals surface area contributed by atoms with E-state index in [0.717, 1.165) is 11.5 Å². The highest BCUT2D eigenvalue weighted by atomic mass is 16.3. The van der Waals surface area contributed by atoms with Gasteiger partial charge in [-0.2, -0.15) is 0 Å². The summed E-state index contributed by atoms with van der Waals surface area (Å²) in [7, 11) is 0. The molecule has 1 N–H and O–H groups in total. The number of rotatable bonds is 3. The van der Waals surface area contributed by atoms with Crippen LogP contribution in [0.5, 0.6) is 0 Å². The van der Waals surface area contributed by atoms with Gasteiger partial charge in [-0.3, -0.25) is 0 Å². The van der Waals surface area contributed by atoms with Gasteiger partial charge in [-0.1, -0.05) is 29.3 Å². The van der Waals surface area contributed by atoms with Crippen molar-refractivity contribution in [2.45, 2.75) is 33.8 Å². The maximum atomic E-state index is 9.15. The predicted molar refractivity (Wildman–Crippen MR) is 71.4 cm³/mol. The molecular weight excluding hydrogens is 224 g/mol. The number of aliphatic hydroxyl groups excluding tert-OH is 1. The SMILES string of the molecule is Cc1cc(C)cc(Cc2nc(C)cc(CO)n2)c1. The van der Waals surface area contributed by atoms with Crippen LogP contribution in [0.2, 0.25) is 0 Å². The molecule has 0 fully saturated rings. The average Bonchev–Trinajstić information content (AvgIpc) is 2.26. The summed E-state index contributed by atoms with van der Waals surface area (Å²) in [6.07, 6.45) is 0.706. The molecule has 2 rings (SSSR count). The number of aliphatic hydroxyl groups is 1. The maximum absolute atomic E-state index is 9.15. The predicted octanol–water partition coefficient (Wildman–Crippen LogP) is 2.48. The first-order chi connectivity index (χ1) is 8.56. The van der Waals surface area contributed by atoms with Crippen molar-refractivity contribution in [1.29, 1.82) is 0 Å². The largest absolute Gasteiger partial charge is 0.390 e.